The summed E-state index contributed by atoms with van der Waals surface area (Å²) in [4.78, 5) is 18.0. The lowest BCUT2D eigenvalue weighted by atomic mass is 9.99. The van der Waals surface area contributed by atoms with Gasteiger partial charge in [0.05, 0.1) is 21.0 Å². The summed E-state index contributed by atoms with van der Waals surface area (Å²) in [6.07, 6.45) is 1.16. The first-order valence-electron chi connectivity index (χ1n) is 10.1. The van der Waals surface area contributed by atoms with Crippen molar-refractivity contribution in [2.24, 2.45) is 18.0 Å². The van der Waals surface area contributed by atoms with Gasteiger partial charge in [-0.25, -0.2) is 12.8 Å². The van der Waals surface area contributed by atoms with E-state index in [-0.39, 0.29) is 17.3 Å². The molecule has 1 aliphatic heterocycles. The molecule has 0 spiro atoms. The lowest BCUT2D eigenvalue weighted by Crippen LogP contribution is -2.42. The van der Waals surface area contributed by atoms with Crippen molar-refractivity contribution in [3.05, 3.63) is 58.1 Å². The molecular formula is C22H24FN3O3S2. The van der Waals surface area contributed by atoms with Crippen molar-refractivity contribution in [2.45, 2.75) is 31.6 Å². The van der Waals surface area contributed by atoms with Crippen molar-refractivity contribution in [1.82, 2.24) is 8.87 Å². The highest BCUT2D eigenvalue weighted by atomic mass is 32.2. The molecule has 0 aliphatic carbocycles. The molecule has 0 bridgehead atoms. The van der Waals surface area contributed by atoms with E-state index < -0.39 is 21.8 Å². The number of benzene rings is 2. The Bertz CT molecular complexity index is 1320. The van der Waals surface area contributed by atoms with E-state index in [0.717, 1.165) is 33.5 Å². The van der Waals surface area contributed by atoms with E-state index >= 15 is 0 Å². The summed E-state index contributed by atoms with van der Waals surface area (Å²) in [6, 6.07) is 8.86. The number of rotatable bonds is 3. The largest absolute Gasteiger partial charge is 0.319 e. The smallest absolute Gasteiger partial charge is 0.252 e. The van der Waals surface area contributed by atoms with Gasteiger partial charge in [0.15, 0.2) is 4.80 Å². The van der Waals surface area contributed by atoms with Gasteiger partial charge in [0.25, 0.3) is 5.91 Å². The Labute approximate surface area is 184 Å². The Morgan fingerprint density at radius 1 is 1.13 bits per heavy atom. The minimum Gasteiger partial charge on any atom is -0.319 e. The zero-order valence-electron chi connectivity index (χ0n) is 17.6. The molecule has 2 aromatic carbocycles. The Balaban J connectivity index is 1.62. The van der Waals surface area contributed by atoms with Crippen LogP contribution in [0.25, 0.3) is 10.2 Å². The van der Waals surface area contributed by atoms with Crippen LogP contribution in [0.5, 0.6) is 0 Å². The minimum absolute atomic E-state index is 0.0285. The predicted octanol–water partition coefficient (Wildman–Crippen LogP) is 3.52. The number of hydrogen-bond donors (Lipinski definition) is 0. The third-order valence-corrected chi connectivity index (χ3v) is 8.88. The first-order chi connectivity index (χ1) is 14.7. The maximum Gasteiger partial charge on any atom is 0.252 e. The fourth-order valence-corrected chi connectivity index (χ4v) is 6.67. The molecule has 1 unspecified atom stereocenters. The Kier molecular flexibility index (Phi) is 5.85. The summed E-state index contributed by atoms with van der Waals surface area (Å²) >= 11 is 1.47. The maximum atomic E-state index is 13.2. The monoisotopic (exact) mass is 461 g/mol. The van der Waals surface area contributed by atoms with Gasteiger partial charge in [-0.1, -0.05) is 23.5 Å². The first-order valence-corrected chi connectivity index (χ1v) is 12.3. The summed E-state index contributed by atoms with van der Waals surface area (Å²) in [6.45, 7) is 4.47. The molecule has 164 valence electrons. The number of fused-ring (bicyclic) bond motifs is 1. The normalized spacial score (nSPS) is 18.6. The molecule has 1 saturated heterocycles. The average Bonchev–Trinajstić information content (AvgIpc) is 3.08. The molecule has 1 aliphatic rings. The van der Waals surface area contributed by atoms with Gasteiger partial charge in [-0.15, -0.1) is 0 Å². The van der Waals surface area contributed by atoms with E-state index in [1.165, 1.54) is 27.8 Å². The van der Waals surface area contributed by atoms with E-state index in [9.17, 15) is 17.6 Å². The van der Waals surface area contributed by atoms with E-state index in [4.69, 9.17) is 0 Å². The number of sulfonamides is 1. The van der Waals surface area contributed by atoms with Crippen molar-refractivity contribution >= 4 is 37.5 Å². The van der Waals surface area contributed by atoms with Crippen LogP contribution in [-0.2, 0) is 21.9 Å². The van der Waals surface area contributed by atoms with E-state index in [1.807, 2.05) is 25.5 Å². The molecule has 6 nitrogen and oxygen atoms in total. The molecule has 3 aromatic rings. The SMILES string of the molecule is Cc1ccc(C)c2c1sc(=NC(=O)C1CCCN(S(=O)(=O)c3ccc(F)cc3)C1)n2C. The molecule has 0 radical (unpaired) electrons. The highest BCUT2D eigenvalue weighted by Crippen LogP contribution is 2.26. The summed E-state index contributed by atoms with van der Waals surface area (Å²) in [5.41, 5.74) is 3.30. The molecular weight excluding hydrogens is 437 g/mol. The number of thiazole rings is 1. The lowest BCUT2D eigenvalue weighted by molar-refractivity contribution is -0.122. The van der Waals surface area contributed by atoms with Gasteiger partial charge in [0, 0.05) is 20.1 Å². The number of nitrogens with zero attached hydrogens (tertiary/aromatic N) is 3. The van der Waals surface area contributed by atoms with E-state index in [2.05, 4.69) is 17.1 Å². The number of amides is 1. The summed E-state index contributed by atoms with van der Waals surface area (Å²) in [5, 5.41) is 0. The van der Waals surface area contributed by atoms with Crippen LogP contribution < -0.4 is 4.80 Å². The maximum absolute atomic E-state index is 13.2. The number of hydrogen-bond acceptors (Lipinski definition) is 4. The Morgan fingerprint density at radius 2 is 1.81 bits per heavy atom. The molecule has 1 atom stereocenters. The number of aryl methyl sites for hydroxylation is 3. The van der Waals surface area contributed by atoms with Gasteiger partial charge in [0.2, 0.25) is 10.0 Å². The van der Waals surface area contributed by atoms with Crippen LogP contribution in [0.3, 0.4) is 0 Å². The highest BCUT2D eigenvalue weighted by molar-refractivity contribution is 7.89. The molecule has 9 heteroatoms. The van der Waals surface area contributed by atoms with Crippen LogP contribution in [0.1, 0.15) is 24.0 Å². The van der Waals surface area contributed by atoms with Gasteiger partial charge < -0.3 is 4.57 Å². The van der Waals surface area contributed by atoms with Crippen LogP contribution in [0.2, 0.25) is 0 Å². The standard InChI is InChI=1S/C22H24FN3O3S2/c1-14-6-7-15(2)20-19(14)25(3)22(30-20)24-21(27)16-5-4-12-26(13-16)31(28,29)18-10-8-17(23)9-11-18/h6-11,16H,4-5,12-13H2,1-3H3. The van der Waals surface area contributed by atoms with Crippen LogP contribution in [-0.4, -0.2) is 36.3 Å². The van der Waals surface area contributed by atoms with Gasteiger partial charge in [-0.2, -0.15) is 9.30 Å². The van der Waals surface area contributed by atoms with Crippen molar-refractivity contribution in [2.75, 3.05) is 13.1 Å². The number of halogens is 1. The fourth-order valence-electron chi connectivity index (χ4n) is 3.97. The zero-order valence-corrected chi connectivity index (χ0v) is 19.3. The van der Waals surface area contributed by atoms with Crippen LogP contribution in [0.4, 0.5) is 4.39 Å². The molecule has 31 heavy (non-hydrogen) atoms. The second-order valence-corrected chi connectivity index (χ2v) is 10.8. The number of carbonyl (C=O) groups excluding carboxylic acids is 1. The van der Waals surface area contributed by atoms with Crippen molar-refractivity contribution in [1.29, 1.82) is 0 Å². The van der Waals surface area contributed by atoms with E-state index in [1.54, 1.807) is 0 Å². The third kappa shape index (κ3) is 4.09. The van der Waals surface area contributed by atoms with Crippen LogP contribution in [0.15, 0.2) is 46.3 Å². The topological polar surface area (TPSA) is 71.7 Å². The number of aromatic nitrogens is 1. The molecule has 1 aromatic heterocycles. The average molecular weight is 462 g/mol. The van der Waals surface area contributed by atoms with Crippen LogP contribution in [0, 0.1) is 25.6 Å². The molecule has 4 rings (SSSR count). The number of piperidine rings is 1. The lowest BCUT2D eigenvalue weighted by Gasteiger charge is -2.30. The second kappa shape index (κ2) is 8.29. The van der Waals surface area contributed by atoms with Gasteiger partial charge in [-0.05, 0) is 62.1 Å². The summed E-state index contributed by atoms with van der Waals surface area (Å²) < 4.78 is 43.4. The van der Waals surface area contributed by atoms with Crippen molar-refractivity contribution in [3.8, 4) is 0 Å². The molecule has 0 N–H and O–H groups in total. The van der Waals surface area contributed by atoms with Gasteiger partial charge >= 0.3 is 0 Å². The third-order valence-electron chi connectivity index (χ3n) is 5.74. The second-order valence-electron chi connectivity index (χ2n) is 7.93. The zero-order chi connectivity index (χ0) is 22.3. The minimum atomic E-state index is -3.79. The van der Waals surface area contributed by atoms with Crippen LogP contribution >= 0.6 is 11.3 Å². The summed E-state index contributed by atoms with van der Waals surface area (Å²) in [7, 11) is -1.90. The fraction of sp³-hybridized carbons (Fsp3) is 0.364. The Hall–Kier alpha value is -2.36. The van der Waals surface area contributed by atoms with Gasteiger partial charge in [-0.3, -0.25) is 4.79 Å². The van der Waals surface area contributed by atoms with Gasteiger partial charge in [0.1, 0.15) is 5.82 Å². The Morgan fingerprint density at radius 3 is 2.48 bits per heavy atom. The first kappa shape index (κ1) is 21.9. The van der Waals surface area contributed by atoms with E-state index in [0.29, 0.717) is 24.2 Å². The quantitative estimate of drug-likeness (QED) is 0.599. The predicted molar refractivity (Wildman–Crippen MR) is 119 cm³/mol. The number of carbonyl (C=O) groups is 1. The van der Waals surface area contributed by atoms with Crippen molar-refractivity contribution < 1.29 is 17.6 Å². The molecule has 1 amide bonds. The molecule has 2 heterocycles. The molecule has 0 saturated carbocycles. The summed E-state index contributed by atoms with van der Waals surface area (Å²) in [5.74, 6) is -1.31. The molecule has 1 fully saturated rings. The highest BCUT2D eigenvalue weighted by Gasteiger charge is 2.33. The van der Waals surface area contributed by atoms with Crippen molar-refractivity contribution in [3.63, 3.8) is 0 Å².